The monoisotopic (exact) mass is 733 g/mol. The third kappa shape index (κ3) is 39.1. The molecule has 0 heterocycles. The van der Waals surface area contributed by atoms with Gasteiger partial charge < -0.3 is 14.2 Å². The van der Waals surface area contributed by atoms with E-state index in [2.05, 4.69) is 45.1 Å². The van der Waals surface area contributed by atoms with Crippen molar-refractivity contribution < 1.29 is 28.6 Å². The van der Waals surface area contributed by atoms with Crippen LogP contribution >= 0.6 is 0 Å². The number of carbonyl (C=O) groups excluding carboxylic acids is 3. The van der Waals surface area contributed by atoms with Gasteiger partial charge in [0.2, 0.25) is 0 Å². The zero-order chi connectivity index (χ0) is 38.0. The van der Waals surface area contributed by atoms with E-state index in [0.717, 1.165) is 70.6 Å². The molecule has 0 aromatic carbocycles. The number of carbonyl (C=O) groups is 3. The second kappa shape index (κ2) is 41.6. The fraction of sp³-hybridized carbons (Fsp3) is 0.848. The molecule has 0 aromatic rings. The largest absolute Gasteiger partial charge is 0.462 e. The number of hydrogen-bond acceptors (Lipinski definition) is 6. The van der Waals surface area contributed by atoms with Gasteiger partial charge in [-0.15, -0.1) is 0 Å². The van der Waals surface area contributed by atoms with E-state index in [1.165, 1.54) is 122 Å². The summed E-state index contributed by atoms with van der Waals surface area (Å²) < 4.78 is 16.7. The van der Waals surface area contributed by atoms with Gasteiger partial charge in [0, 0.05) is 19.3 Å². The fourth-order valence-corrected chi connectivity index (χ4v) is 6.25. The second-order valence-corrected chi connectivity index (χ2v) is 15.0. The van der Waals surface area contributed by atoms with Crippen LogP contribution in [0.2, 0.25) is 0 Å². The van der Waals surface area contributed by atoms with Gasteiger partial charge in [-0.3, -0.25) is 14.4 Å². The van der Waals surface area contributed by atoms with E-state index in [9.17, 15) is 14.4 Å². The third-order valence-corrected chi connectivity index (χ3v) is 9.68. The summed E-state index contributed by atoms with van der Waals surface area (Å²) >= 11 is 0. The quantitative estimate of drug-likeness (QED) is 0.0270. The molecular formula is C46H84O6. The molecule has 0 amide bonds. The Morgan fingerprint density at radius 1 is 0.365 bits per heavy atom. The van der Waals surface area contributed by atoms with Crippen LogP contribution in [0, 0.1) is 0 Å². The molecule has 0 rings (SSSR count). The molecular weight excluding hydrogens is 648 g/mol. The normalized spacial score (nSPS) is 12.1. The van der Waals surface area contributed by atoms with Crippen molar-refractivity contribution >= 4 is 17.9 Å². The predicted molar refractivity (Wildman–Crippen MR) is 219 cm³/mol. The molecule has 6 heteroatoms. The van der Waals surface area contributed by atoms with E-state index >= 15 is 0 Å². The first-order valence-corrected chi connectivity index (χ1v) is 22.3. The molecule has 0 N–H and O–H groups in total. The highest BCUT2D eigenvalue weighted by atomic mass is 16.6. The van der Waals surface area contributed by atoms with Crippen LogP contribution < -0.4 is 0 Å². The maximum Gasteiger partial charge on any atom is 0.306 e. The molecule has 0 bridgehead atoms. The molecule has 304 valence electrons. The second-order valence-electron chi connectivity index (χ2n) is 15.0. The zero-order valence-corrected chi connectivity index (χ0v) is 34.6. The lowest BCUT2D eigenvalue weighted by atomic mass is 10.1. The number of rotatable bonds is 40. The van der Waals surface area contributed by atoms with Crippen LogP contribution in [0.25, 0.3) is 0 Å². The van der Waals surface area contributed by atoms with Crippen LogP contribution in [0.1, 0.15) is 233 Å². The number of unbranched alkanes of at least 4 members (excludes halogenated alkanes) is 25. The van der Waals surface area contributed by atoms with Crippen LogP contribution in [-0.2, 0) is 28.6 Å². The molecule has 0 saturated carbocycles. The minimum Gasteiger partial charge on any atom is -0.462 e. The summed E-state index contributed by atoms with van der Waals surface area (Å²) in [5, 5.41) is 0. The maximum atomic E-state index is 12.7. The standard InChI is InChI=1S/C46H84O6/c1-4-7-10-13-16-19-22-24-27-30-33-36-39-45(48)51-42-43(41-50-44(47)38-35-32-29-26-21-18-15-12-9-6-3)52-46(49)40-37-34-31-28-25-23-20-17-14-11-8-5-2/h16-17,19-20,43H,4-15,18,21-42H2,1-3H3/b19-16-,20-17-/t43-/m1/s1. The Balaban J connectivity index is 4.38. The number of ether oxygens (including phenoxy) is 3. The molecule has 0 aliphatic rings. The average Bonchev–Trinajstić information content (AvgIpc) is 3.14. The lowest BCUT2D eigenvalue weighted by Gasteiger charge is -2.18. The van der Waals surface area contributed by atoms with Crippen molar-refractivity contribution in [2.45, 2.75) is 239 Å². The Hall–Kier alpha value is -2.11. The lowest BCUT2D eigenvalue weighted by Crippen LogP contribution is -2.30. The average molecular weight is 733 g/mol. The smallest absolute Gasteiger partial charge is 0.306 e. The van der Waals surface area contributed by atoms with Gasteiger partial charge in [-0.05, 0) is 70.6 Å². The summed E-state index contributed by atoms with van der Waals surface area (Å²) in [5.41, 5.74) is 0. The SMILES string of the molecule is CCCCC/C=C\CCCCCCCC(=O)OC[C@@H](COC(=O)CCCCCCCCCCCC)OC(=O)CCCCCCC/C=C\CCCCC. The van der Waals surface area contributed by atoms with Crippen LogP contribution in [0.5, 0.6) is 0 Å². The predicted octanol–water partition coefficient (Wildman–Crippen LogP) is 14.0. The lowest BCUT2D eigenvalue weighted by molar-refractivity contribution is -0.167. The van der Waals surface area contributed by atoms with Crippen molar-refractivity contribution in [3.05, 3.63) is 24.3 Å². The summed E-state index contributed by atoms with van der Waals surface area (Å²) in [6.45, 7) is 6.56. The Kier molecular flexibility index (Phi) is 40.0. The molecule has 0 aliphatic heterocycles. The first-order chi connectivity index (χ1) is 25.5. The van der Waals surface area contributed by atoms with Gasteiger partial charge in [0.15, 0.2) is 6.10 Å². The molecule has 0 saturated heterocycles. The van der Waals surface area contributed by atoms with Gasteiger partial charge in [-0.2, -0.15) is 0 Å². The van der Waals surface area contributed by atoms with Gasteiger partial charge in [-0.25, -0.2) is 0 Å². The Labute approximate surface area is 322 Å². The molecule has 0 aliphatic carbocycles. The number of esters is 3. The van der Waals surface area contributed by atoms with Crippen molar-refractivity contribution in [1.29, 1.82) is 0 Å². The molecule has 0 spiro atoms. The van der Waals surface area contributed by atoms with E-state index < -0.39 is 6.10 Å². The highest BCUT2D eigenvalue weighted by Crippen LogP contribution is 2.14. The van der Waals surface area contributed by atoms with Crippen LogP contribution in [0.4, 0.5) is 0 Å². The highest BCUT2D eigenvalue weighted by Gasteiger charge is 2.19. The van der Waals surface area contributed by atoms with Crippen molar-refractivity contribution in [3.8, 4) is 0 Å². The topological polar surface area (TPSA) is 78.9 Å². The van der Waals surface area contributed by atoms with Gasteiger partial charge in [-0.1, -0.05) is 167 Å². The summed E-state index contributed by atoms with van der Waals surface area (Å²) in [6.07, 6.45) is 44.4. The van der Waals surface area contributed by atoms with Crippen molar-refractivity contribution in [3.63, 3.8) is 0 Å². The van der Waals surface area contributed by atoms with Gasteiger partial charge >= 0.3 is 17.9 Å². The molecule has 6 nitrogen and oxygen atoms in total. The van der Waals surface area contributed by atoms with Crippen LogP contribution in [-0.4, -0.2) is 37.2 Å². The van der Waals surface area contributed by atoms with Crippen molar-refractivity contribution in [2.75, 3.05) is 13.2 Å². The Morgan fingerprint density at radius 3 is 1.00 bits per heavy atom. The Bertz CT molecular complexity index is 850. The maximum absolute atomic E-state index is 12.7. The molecule has 52 heavy (non-hydrogen) atoms. The molecule has 0 fully saturated rings. The number of allylic oxidation sites excluding steroid dienone is 4. The van der Waals surface area contributed by atoms with Gasteiger partial charge in [0.05, 0.1) is 0 Å². The minimum atomic E-state index is -0.771. The van der Waals surface area contributed by atoms with Gasteiger partial charge in [0.25, 0.3) is 0 Å². The van der Waals surface area contributed by atoms with Crippen LogP contribution in [0.3, 0.4) is 0 Å². The van der Waals surface area contributed by atoms with E-state index in [4.69, 9.17) is 14.2 Å². The van der Waals surface area contributed by atoms with E-state index in [0.29, 0.717) is 19.3 Å². The van der Waals surface area contributed by atoms with Crippen molar-refractivity contribution in [2.24, 2.45) is 0 Å². The Morgan fingerprint density at radius 2 is 0.635 bits per heavy atom. The first-order valence-electron chi connectivity index (χ1n) is 22.3. The van der Waals surface area contributed by atoms with E-state index in [1.807, 2.05) is 0 Å². The summed E-state index contributed by atoms with van der Waals surface area (Å²) in [6, 6.07) is 0. The molecule has 0 unspecified atom stereocenters. The molecule has 0 aromatic heterocycles. The number of hydrogen-bond donors (Lipinski definition) is 0. The first kappa shape index (κ1) is 49.9. The van der Waals surface area contributed by atoms with E-state index in [-0.39, 0.29) is 31.1 Å². The van der Waals surface area contributed by atoms with Crippen molar-refractivity contribution in [1.82, 2.24) is 0 Å². The molecule has 0 radical (unpaired) electrons. The van der Waals surface area contributed by atoms with Crippen LogP contribution in [0.15, 0.2) is 24.3 Å². The fourth-order valence-electron chi connectivity index (χ4n) is 6.25. The highest BCUT2D eigenvalue weighted by molar-refractivity contribution is 5.71. The summed E-state index contributed by atoms with van der Waals surface area (Å²) in [5.74, 6) is -0.893. The minimum absolute atomic E-state index is 0.0748. The zero-order valence-electron chi connectivity index (χ0n) is 34.6. The summed E-state index contributed by atoms with van der Waals surface area (Å²) in [4.78, 5) is 37.6. The molecule has 1 atom stereocenters. The third-order valence-electron chi connectivity index (χ3n) is 9.68. The van der Waals surface area contributed by atoms with Gasteiger partial charge in [0.1, 0.15) is 13.2 Å². The summed E-state index contributed by atoms with van der Waals surface area (Å²) in [7, 11) is 0. The van der Waals surface area contributed by atoms with E-state index in [1.54, 1.807) is 0 Å².